The molecule has 1 amide bonds. The van der Waals surface area contributed by atoms with Crippen molar-refractivity contribution in [3.8, 4) is 0 Å². The lowest BCUT2D eigenvalue weighted by atomic mass is 9.93. The molecule has 0 aromatic heterocycles. The van der Waals surface area contributed by atoms with Crippen molar-refractivity contribution < 1.29 is 9.90 Å². The van der Waals surface area contributed by atoms with Crippen LogP contribution in [0.2, 0.25) is 0 Å². The topological polar surface area (TPSA) is 66.6 Å². The lowest BCUT2D eigenvalue weighted by Gasteiger charge is -2.36. The van der Waals surface area contributed by atoms with Crippen LogP contribution in [0, 0.1) is 0 Å². The average Bonchev–Trinajstić information content (AvgIpc) is 2.39. The van der Waals surface area contributed by atoms with Gasteiger partial charge in [-0.2, -0.15) is 0 Å². The van der Waals surface area contributed by atoms with Crippen molar-refractivity contribution in [3.63, 3.8) is 0 Å². The Morgan fingerprint density at radius 2 is 1.95 bits per heavy atom. The van der Waals surface area contributed by atoms with Crippen LogP contribution in [0.4, 0.5) is 0 Å². The lowest BCUT2D eigenvalue weighted by molar-refractivity contribution is -0.135. The van der Waals surface area contributed by atoms with Gasteiger partial charge >= 0.3 is 0 Å². The van der Waals surface area contributed by atoms with Crippen LogP contribution >= 0.6 is 0 Å². The number of amides is 1. The summed E-state index contributed by atoms with van der Waals surface area (Å²) in [7, 11) is 0. The van der Waals surface area contributed by atoms with Crippen LogP contribution in [-0.4, -0.2) is 34.6 Å². The van der Waals surface area contributed by atoms with E-state index >= 15 is 0 Å². The number of nitrogens with two attached hydrogens (primary N) is 1. The number of hydrogen-bond donors (Lipinski definition) is 2. The molecule has 104 valence electrons. The van der Waals surface area contributed by atoms with E-state index in [1.54, 1.807) is 4.90 Å². The molecule has 2 rings (SSSR count). The molecule has 1 saturated heterocycles. The minimum atomic E-state index is -0.627. The van der Waals surface area contributed by atoms with Crippen LogP contribution in [0.25, 0.3) is 0 Å². The Morgan fingerprint density at radius 3 is 2.53 bits per heavy atom. The summed E-state index contributed by atoms with van der Waals surface area (Å²) in [5, 5.41) is 9.87. The molecule has 1 heterocycles. The molecule has 0 spiro atoms. The Hall–Kier alpha value is -1.39. The SMILES string of the molecule is CC1(O)CCN(C(=O)CC(N)c2ccccc2)CC1. The summed E-state index contributed by atoms with van der Waals surface area (Å²) < 4.78 is 0. The van der Waals surface area contributed by atoms with Crippen molar-refractivity contribution in [2.45, 2.75) is 37.8 Å². The summed E-state index contributed by atoms with van der Waals surface area (Å²) in [4.78, 5) is 14.0. The van der Waals surface area contributed by atoms with Gasteiger partial charge < -0.3 is 15.7 Å². The molecule has 19 heavy (non-hydrogen) atoms. The highest BCUT2D eigenvalue weighted by Crippen LogP contribution is 2.23. The molecule has 1 aliphatic heterocycles. The number of rotatable bonds is 3. The first-order valence-corrected chi connectivity index (χ1v) is 6.79. The van der Waals surface area contributed by atoms with Crippen molar-refractivity contribution in [1.82, 2.24) is 4.90 Å². The van der Waals surface area contributed by atoms with E-state index in [9.17, 15) is 9.90 Å². The van der Waals surface area contributed by atoms with E-state index in [1.807, 2.05) is 37.3 Å². The highest BCUT2D eigenvalue weighted by molar-refractivity contribution is 5.77. The quantitative estimate of drug-likeness (QED) is 0.866. The zero-order chi connectivity index (χ0) is 13.9. The van der Waals surface area contributed by atoms with Crippen LogP contribution in [0.3, 0.4) is 0 Å². The van der Waals surface area contributed by atoms with Crippen LogP contribution in [0.1, 0.15) is 37.8 Å². The fourth-order valence-corrected chi connectivity index (χ4v) is 2.37. The molecule has 1 aliphatic rings. The second-order valence-electron chi connectivity index (χ2n) is 5.60. The number of hydrogen-bond acceptors (Lipinski definition) is 3. The van der Waals surface area contributed by atoms with Crippen LogP contribution in [0.15, 0.2) is 30.3 Å². The van der Waals surface area contributed by atoms with Crippen LogP contribution in [0.5, 0.6) is 0 Å². The third-order valence-electron chi connectivity index (χ3n) is 3.82. The maximum Gasteiger partial charge on any atom is 0.224 e. The Balaban J connectivity index is 1.88. The summed E-state index contributed by atoms with van der Waals surface area (Å²) in [5.74, 6) is 0.0758. The fourth-order valence-electron chi connectivity index (χ4n) is 2.37. The maximum absolute atomic E-state index is 12.2. The molecule has 1 unspecified atom stereocenters. The molecule has 1 aromatic rings. The van der Waals surface area contributed by atoms with Gasteiger partial charge in [-0.05, 0) is 25.3 Å². The Kier molecular flexibility index (Phi) is 4.22. The van der Waals surface area contributed by atoms with Gasteiger partial charge in [0.1, 0.15) is 0 Å². The molecule has 0 saturated carbocycles. The lowest BCUT2D eigenvalue weighted by Crippen LogP contribution is -2.45. The van der Waals surface area contributed by atoms with Crippen molar-refractivity contribution in [3.05, 3.63) is 35.9 Å². The zero-order valence-corrected chi connectivity index (χ0v) is 11.4. The molecule has 4 heteroatoms. The third-order valence-corrected chi connectivity index (χ3v) is 3.82. The Bertz CT molecular complexity index is 421. The van der Waals surface area contributed by atoms with Crippen molar-refractivity contribution >= 4 is 5.91 Å². The van der Waals surface area contributed by atoms with E-state index in [0.29, 0.717) is 32.4 Å². The molecule has 1 atom stereocenters. The zero-order valence-electron chi connectivity index (χ0n) is 11.4. The first-order chi connectivity index (χ1) is 8.98. The minimum absolute atomic E-state index is 0.0758. The molecular formula is C15H22N2O2. The van der Waals surface area contributed by atoms with Crippen LogP contribution in [-0.2, 0) is 4.79 Å². The maximum atomic E-state index is 12.2. The smallest absolute Gasteiger partial charge is 0.224 e. The summed E-state index contributed by atoms with van der Waals surface area (Å²) in [5.41, 5.74) is 6.42. The number of benzene rings is 1. The predicted octanol–water partition coefficient (Wildman–Crippen LogP) is 1.45. The van der Waals surface area contributed by atoms with Gasteiger partial charge in [0.25, 0.3) is 0 Å². The summed E-state index contributed by atoms with van der Waals surface area (Å²) in [6, 6.07) is 9.43. The molecular weight excluding hydrogens is 240 g/mol. The van der Waals surface area contributed by atoms with Gasteiger partial charge in [-0.1, -0.05) is 30.3 Å². The van der Waals surface area contributed by atoms with Gasteiger partial charge in [0.15, 0.2) is 0 Å². The number of carbonyl (C=O) groups is 1. The number of piperidine rings is 1. The summed E-state index contributed by atoms with van der Waals surface area (Å²) in [6.45, 7) is 3.06. The predicted molar refractivity (Wildman–Crippen MR) is 74.4 cm³/mol. The van der Waals surface area contributed by atoms with Crippen molar-refractivity contribution in [2.75, 3.05) is 13.1 Å². The van der Waals surface area contributed by atoms with Gasteiger partial charge in [0.05, 0.1) is 5.60 Å². The number of aliphatic hydroxyl groups is 1. The molecule has 1 aromatic carbocycles. The van der Waals surface area contributed by atoms with E-state index in [2.05, 4.69) is 0 Å². The first-order valence-electron chi connectivity index (χ1n) is 6.79. The van der Waals surface area contributed by atoms with Crippen molar-refractivity contribution in [1.29, 1.82) is 0 Å². The number of carbonyl (C=O) groups excluding carboxylic acids is 1. The largest absolute Gasteiger partial charge is 0.390 e. The number of nitrogens with zero attached hydrogens (tertiary/aromatic N) is 1. The van der Waals surface area contributed by atoms with E-state index in [1.165, 1.54) is 0 Å². The highest BCUT2D eigenvalue weighted by Gasteiger charge is 2.29. The second kappa shape index (κ2) is 5.72. The monoisotopic (exact) mass is 262 g/mol. The third kappa shape index (κ3) is 3.78. The fraction of sp³-hybridized carbons (Fsp3) is 0.533. The summed E-state index contributed by atoms with van der Waals surface area (Å²) in [6.07, 6.45) is 1.60. The van der Waals surface area contributed by atoms with Gasteiger partial charge in [0.2, 0.25) is 5.91 Å². The van der Waals surface area contributed by atoms with Gasteiger partial charge in [-0.3, -0.25) is 4.79 Å². The molecule has 1 fully saturated rings. The summed E-state index contributed by atoms with van der Waals surface area (Å²) >= 11 is 0. The first kappa shape index (κ1) is 14.0. The highest BCUT2D eigenvalue weighted by atomic mass is 16.3. The van der Waals surface area contributed by atoms with Gasteiger partial charge in [-0.25, -0.2) is 0 Å². The van der Waals surface area contributed by atoms with Crippen molar-refractivity contribution in [2.24, 2.45) is 5.73 Å². The molecule has 4 nitrogen and oxygen atoms in total. The average molecular weight is 262 g/mol. The standard InChI is InChI=1S/C15H22N2O2/c1-15(19)7-9-17(10-8-15)14(18)11-13(16)12-5-3-2-4-6-12/h2-6,13,19H,7-11,16H2,1H3. The molecule has 0 bridgehead atoms. The second-order valence-corrected chi connectivity index (χ2v) is 5.60. The van der Waals surface area contributed by atoms with Gasteiger partial charge in [0, 0.05) is 25.6 Å². The Morgan fingerprint density at radius 1 is 1.37 bits per heavy atom. The van der Waals surface area contributed by atoms with E-state index < -0.39 is 5.60 Å². The Labute approximate surface area is 114 Å². The van der Waals surface area contributed by atoms with E-state index in [4.69, 9.17) is 5.73 Å². The molecule has 0 aliphatic carbocycles. The van der Waals surface area contributed by atoms with Crippen LogP contribution < -0.4 is 5.73 Å². The van der Waals surface area contributed by atoms with E-state index in [-0.39, 0.29) is 11.9 Å². The van der Waals surface area contributed by atoms with Gasteiger partial charge in [-0.15, -0.1) is 0 Å². The minimum Gasteiger partial charge on any atom is -0.390 e. The molecule has 3 N–H and O–H groups in total. The normalized spacial score (nSPS) is 20.1. The molecule has 0 radical (unpaired) electrons. The number of likely N-dealkylation sites (tertiary alicyclic amines) is 1. The van der Waals surface area contributed by atoms with E-state index in [0.717, 1.165) is 5.56 Å².